The summed E-state index contributed by atoms with van der Waals surface area (Å²) < 4.78 is 0. The molecular weight excluding hydrogens is 292 g/mol. The number of hydrogen-bond acceptors (Lipinski definition) is 2. The highest BCUT2D eigenvalue weighted by molar-refractivity contribution is 4.68. The van der Waals surface area contributed by atoms with Gasteiger partial charge < -0.3 is 0 Å². The van der Waals surface area contributed by atoms with Crippen molar-refractivity contribution in [3.05, 3.63) is 0 Å². The molecule has 2 nitrogen and oxygen atoms in total. The molecule has 24 heavy (non-hydrogen) atoms. The number of nitriles is 2. The Morgan fingerprint density at radius 1 is 0.292 bits per heavy atom. The van der Waals surface area contributed by atoms with Crippen LogP contribution in [-0.2, 0) is 0 Å². The van der Waals surface area contributed by atoms with Gasteiger partial charge in [0.15, 0.2) is 0 Å². The van der Waals surface area contributed by atoms with E-state index in [9.17, 15) is 0 Å². The number of nitrogens with zero attached hydrogens (tertiary/aromatic N) is 2. The molecule has 0 spiro atoms. The number of hydrogen-bond donors (Lipinski definition) is 0. The Labute approximate surface area is 151 Å². The van der Waals surface area contributed by atoms with Crippen molar-refractivity contribution < 1.29 is 0 Å². The summed E-state index contributed by atoms with van der Waals surface area (Å²) in [6.45, 7) is 0. The summed E-state index contributed by atoms with van der Waals surface area (Å²) in [4.78, 5) is 0. The fourth-order valence-corrected chi connectivity index (χ4v) is 3.24. The third-order valence-electron chi connectivity index (χ3n) is 4.83. The van der Waals surface area contributed by atoms with Crippen LogP contribution in [0.3, 0.4) is 0 Å². The zero-order chi connectivity index (χ0) is 17.6. The van der Waals surface area contributed by atoms with Gasteiger partial charge in [-0.15, -0.1) is 0 Å². The van der Waals surface area contributed by atoms with E-state index in [1.54, 1.807) is 0 Å². The largest absolute Gasteiger partial charge is 0.198 e. The molecule has 0 saturated heterocycles. The molecule has 0 N–H and O–H groups in total. The van der Waals surface area contributed by atoms with Crippen molar-refractivity contribution in [2.24, 2.45) is 0 Å². The first kappa shape index (κ1) is 23.0. The Morgan fingerprint density at radius 3 is 0.625 bits per heavy atom. The second kappa shape index (κ2) is 22.0. The van der Waals surface area contributed by atoms with E-state index in [-0.39, 0.29) is 0 Å². The first-order chi connectivity index (χ1) is 11.9. The highest BCUT2D eigenvalue weighted by Gasteiger charge is 1.95. The highest BCUT2D eigenvalue weighted by Crippen LogP contribution is 2.14. The standard InChI is InChI=1S/C22H40N2/c23-21-19-17-15-13-11-9-7-5-3-1-2-4-6-8-10-12-14-16-18-20-22-24/h1-20H2. The maximum Gasteiger partial charge on any atom is 0.0621 e. The van der Waals surface area contributed by atoms with Crippen molar-refractivity contribution in [3.8, 4) is 12.1 Å². The molecule has 0 saturated carbocycles. The summed E-state index contributed by atoms with van der Waals surface area (Å²) >= 11 is 0. The first-order valence-corrected chi connectivity index (χ1v) is 10.7. The molecule has 0 aromatic heterocycles. The smallest absolute Gasteiger partial charge is 0.0621 e. The molecule has 0 radical (unpaired) electrons. The molecule has 0 aliphatic carbocycles. The van der Waals surface area contributed by atoms with Crippen LogP contribution in [0.4, 0.5) is 0 Å². The molecule has 0 aromatic carbocycles. The van der Waals surface area contributed by atoms with Crippen LogP contribution in [0.15, 0.2) is 0 Å². The first-order valence-electron chi connectivity index (χ1n) is 10.7. The van der Waals surface area contributed by atoms with Crippen molar-refractivity contribution in [2.45, 2.75) is 128 Å². The van der Waals surface area contributed by atoms with Crippen molar-refractivity contribution in [1.82, 2.24) is 0 Å². The van der Waals surface area contributed by atoms with E-state index in [4.69, 9.17) is 10.5 Å². The quantitative estimate of drug-likeness (QED) is 0.226. The van der Waals surface area contributed by atoms with Gasteiger partial charge in [0.2, 0.25) is 0 Å². The molecule has 0 atom stereocenters. The summed E-state index contributed by atoms with van der Waals surface area (Å²) in [5, 5.41) is 16.9. The minimum atomic E-state index is 0.738. The van der Waals surface area contributed by atoms with E-state index >= 15 is 0 Å². The second-order valence-corrected chi connectivity index (χ2v) is 7.18. The van der Waals surface area contributed by atoms with E-state index < -0.39 is 0 Å². The van der Waals surface area contributed by atoms with Gasteiger partial charge in [-0.3, -0.25) is 0 Å². The van der Waals surface area contributed by atoms with Gasteiger partial charge >= 0.3 is 0 Å². The van der Waals surface area contributed by atoms with E-state index in [0.717, 1.165) is 25.7 Å². The minimum absolute atomic E-state index is 0.738. The average molecular weight is 333 g/mol. The van der Waals surface area contributed by atoms with Crippen LogP contribution in [0, 0.1) is 22.7 Å². The molecule has 0 unspecified atom stereocenters. The van der Waals surface area contributed by atoms with Crippen molar-refractivity contribution in [3.63, 3.8) is 0 Å². The second-order valence-electron chi connectivity index (χ2n) is 7.18. The van der Waals surface area contributed by atoms with Gasteiger partial charge in [-0.2, -0.15) is 10.5 Å². The van der Waals surface area contributed by atoms with Gasteiger partial charge in [0.25, 0.3) is 0 Å². The monoisotopic (exact) mass is 332 g/mol. The normalized spacial score (nSPS) is 10.4. The maximum atomic E-state index is 8.46. The van der Waals surface area contributed by atoms with Gasteiger partial charge in [-0.1, -0.05) is 103 Å². The molecule has 0 fully saturated rings. The third kappa shape index (κ3) is 21.0. The molecule has 0 heterocycles. The molecular formula is C22H40N2. The van der Waals surface area contributed by atoms with E-state index in [1.807, 2.05) is 0 Å². The summed E-state index contributed by atoms with van der Waals surface area (Å²) in [7, 11) is 0. The highest BCUT2D eigenvalue weighted by atomic mass is 14.2. The molecule has 0 aliphatic rings. The lowest BCUT2D eigenvalue weighted by molar-refractivity contribution is 0.524. The van der Waals surface area contributed by atoms with Crippen molar-refractivity contribution in [1.29, 1.82) is 10.5 Å². The Kier molecular flexibility index (Phi) is 21.0. The van der Waals surface area contributed by atoms with Crippen LogP contribution in [0.1, 0.15) is 128 Å². The molecule has 0 amide bonds. The van der Waals surface area contributed by atoms with E-state index in [1.165, 1.54) is 103 Å². The summed E-state index contributed by atoms with van der Waals surface area (Å²) in [5.74, 6) is 0. The molecule has 0 aliphatic heterocycles. The maximum absolute atomic E-state index is 8.46. The van der Waals surface area contributed by atoms with Gasteiger partial charge in [-0.25, -0.2) is 0 Å². The van der Waals surface area contributed by atoms with Gasteiger partial charge in [0, 0.05) is 12.8 Å². The third-order valence-corrected chi connectivity index (χ3v) is 4.83. The fourth-order valence-electron chi connectivity index (χ4n) is 3.24. The Morgan fingerprint density at radius 2 is 0.458 bits per heavy atom. The lowest BCUT2D eigenvalue weighted by atomic mass is 10.0. The van der Waals surface area contributed by atoms with Gasteiger partial charge in [0.05, 0.1) is 12.1 Å². The van der Waals surface area contributed by atoms with Crippen LogP contribution in [-0.4, -0.2) is 0 Å². The van der Waals surface area contributed by atoms with Crippen LogP contribution < -0.4 is 0 Å². The molecule has 2 heteroatoms. The SMILES string of the molecule is N#CCCCCCCCCCCCCCCCCCCCCC#N. The summed E-state index contributed by atoms with van der Waals surface area (Å²) in [5.41, 5.74) is 0. The van der Waals surface area contributed by atoms with Crippen LogP contribution in [0.5, 0.6) is 0 Å². The molecule has 0 rings (SSSR count). The van der Waals surface area contributed by atoms with Crippen LogP contribution in [0.2, 0.25) is 0 Å². The topological polar surface area (TPSA) is 47.6 Å². The Hall–Kier alpha value is -1.02. The zero-order valence-electron chi connectivity index (χ0n) is 16.0. The summed E-state index contributed by atoms with van der Waals surface area (Å²) in [6, 6.07) is 4.43. The molecule has 0 aromatic rings. The van der Waals surface area contributed by atoms with Crippen LogP contribution in [0.25, 0.3) is 0 Å². The Bertz CT molecular complexity index is 279. The van der Waals surface area contributed by atoms with Crippen molar-refractivity contribution in [2.75, 3.05) is 0 Å². The fraction of sp³-hybridized carbons (Fsp3) is 0.909. The average Bonchev–Trinajstić information content (AvgIpc) is 2.60. The molecule has 0 bridgehead atoms. The molecule has 138 valence electrons. The predicted octanol–water partition coefficient (Wildman–Crippen LogP) is 7.84. The minimum Gasteiger partial charge on any atom is -0.198 e. The lowest BCUT2D eigenvalue weighted by Gasteiger charge is -2.03. The predicted molar refractivity (Wildman–Crippen MR) is 104 cm³/mol. The lowest BCUT2D eigenvalue weighted by Crippen LogP contribution is -1.84. The van der Waals surface area contributed by atoms with Gasteiger partial charge in [0.1, 0.15) is 0 Å². The van der Waals surface area contributed by atoms with E-state index in [0.29, 0.717) is 0 Å². The van der Waals surface area contributed by atoms with Crippen molar-refractivity contribution >= 4 is 0 Å². The van der Waals surface area contributed by atoms with Crippen LogP contribution >= 0.6 is 0 Å². The number of rotatable bonds is 19. The zero-order valence-corrected chi connectivity index (χ0v) is 16.0. The number of unbranched alkanes of at least 4 members (excludes halogenated alkanes) is 19. The van der Waals surface area contributed by atoms with E-state index in [2.05, 4.69) is 12.1 Å². The van der Waals surface area contributed by atoms with Gasteiger partial charge in [-0.05, 0) is 12.8 Å². The summed E-state index contributed by atoms with van der Waals surface area (Å²) in [6.07, 6.45) is 25.6. The Balaban J connectivity index is 2.96.